The monoisotopic (exact) mass is 360 g/mol. The lowest BCUT2D eigenvalue weighted by atomic mass is 10.1. The molecule has 1 aliphatic rings. The number of hydrogen-bond acceptors (Lipinski definition) is 1. The Bertz CT molecular complexity index is 1020. The lowest BCUT2D eigenvalue weighted by Crippen LogP contribution is -2.22. The van der Waals surface area contributed by atoms with Crippen LogP contribution in [0, 0.1) is 18.7 Å². The zero-order chi connectivity index (χ0) is 18.8. The molecule has 0 radical (unpaired) electrons. The molecule has 1 heterocycles. The molecule has 4 rings (SSSR count). The summed E-state index contributed by atoms with van der Waals surface area (Å²) in [5.74, 6) is -0.318. The van der Waals surface area contributed by atoms with Crippen molar-refractivity contribution in [3.8, 4) is 0 Å². The van der Waals surface area contributed by atoms with Gasteiger partial charge in [0.25, 0.3) is 5.91 Å². The van der Waals surface area contributed by atoms with E-state index in [9.17, 15) is 9.18 Å². The summed E-state index contributed by atoms with van der Waals surface area (Å²) in [6.07, 6.45) is 2.72. The maximum absolute atomic E-state index is 13.1. The Kier molecular flexibility index (Phi) is 4.71. The fourth-order valence-electron chi connectivity index (χ4n) is 3.33. The van der Waals surface area contributed by atoms with Gasteiger partial charge in [0.2, 0.25) is 0 Å². The van der Waals surface area contributed by atoms with E-state index in [4.69, 9.17) is 0 Å². The topological polar surface area (TPSA) is 34.4 Å². The van der Waals surface area contributed by atoms with Crippen LogP contribution in [0.15, 0.2) is 77.9 Å². The van der Waals surface area contributed by atoms with Crippen LogP contribution in [-0.4, -0.2) is 10.5 Å². The minimum atomic E-state index is -0.256. The first kappa shape index (κ1) is 17.4. The third-order valence-corrected chi connectivity index (χ3v) is 5.02. The van der Waals surface area contributed by atoms with Gasteiger partial charge in [-0.25, -0.2) is 4.39 Å². The van der Waals surface area contributed by atoms with Crippen LogP contribution in [0.4, 0.5) is 4.39 Å². The van der Waals surface area contributed by atoms with Gasteiger partial charge in [-0.15, -0.1) is 0 Å². The van der Waals surface area contributed by atoms with Gasteiger partial charge in [-0.3, -0.25) is 4.79 Å². The minimum absolute atomic E-state index is 0.104. The molecule has 136 valence electrons. The van der Waals surface area contributed by atoms with Crippen LogP contribution in [0.1, 0.15) is 29.0 Å². The van der Waals surface area contributed by atoms with Crippen molar-refractivity contribution in [1.29, 1.82) is 0 Å². The number of hydrogen-bond donors (Lipinski definition) is 0. The van der Waals surface area contributed by atoms with Crippen molar-refractivity contribution < 1.29 is 9.18 Å². The molecule has 1 aromatic heterocycles. The Morgan fingerprint density at radius 3 is 2.56 bits per heavy atom. The molecule has 3 nitrogen and oxygen atoms in total. The summed E-state index contributed by atoms with van der Waals surface area (Å²) < 4.78 is 15.1. The SMILES string of the molecule is Cc1ccc(Cn2ccccc2=NC(=O)[C@H]2C[C@H]2c2ccc(F)cc2)cc1. The Morgan fingerprint density at radius 2 is 1.81 bits per heavy atom. The van der Waals surface area contributed by atoms with Crippen LogP contribution in [-0.2, 0) is 11.3 Å². The average Bonchev–Trinajstić information content (AvgIpc) is 3.47. The van der Waals surface area contributed by atoms with Crippen molar-refractivity contribution in [3.63, 3.8) is 0 Å². The van der Waals surface area contributed by atoms with E-state index in [1.165, 1.54) is 17.7 Å². The van der Waals surface area contributed by atoms with E-state index in [1.807, 2.05) is 29.0 Å². The molecule has 4 heteroatoms. The van der Waals surface area contributed by atoms with Crippen LogP contribution in [0.25, 0.3) is 0 Å². The molecule has 0 N–H and O–H groups in total. The lowest BCUT2D eigenvalue weighted by Gasteiger charge is -2.08. The predicted molar refractivity (Wildman–Crippen MR) is 103 cm³/mol. The number of amides is 1. The Labute approximate surface area is 157 Å². The van der Waals surface area contributed by atoms with E-state index < -0.39 is 0 Å². The summed E-state index contributed by atoms with van der Waals surface area (Å²) in [4.78, 5) is 17.0. The van der Waals surface area contributed by atoms with Crippen LogP contribution < -0.4 is 5.49 Å². The Hall–Kier alpha value is -3.01. The number of benzene rings is 2. The summed E-state index contributed by atoms with van der Waals surface area (Å²) in [7, 11) is 0. The predicted octanol–water partition coefficient (Wildman–Crippen LogP) is 4.21. The molecule has 0 spiro atoms. The number of aryl methyl sites for hydroxylation is 1. The quantitative estimate of drug-likeness (QED) is 0.686. The Balaban J connectivity index is 1.53. The van der Waals surface area contributed by atoms with Gasteiger partial charge in [-0.1, -0.05) is 48.0 Å². The van der Waals surface area contributed by atoms with Gasteiger partial charge in [0, 0.05) is 18.7 Å². The van der Waals surface area contributed by atoms with Crippen molar-refractivity contribution in [2.24, 2.45) is 10.9 Å². The van der Waals surface area contributed by atoms with Crippen molar-refractivity contribution in [2.75, 3.05) is 0 Å². The third-order valence-electron chi connectivity index (χ3n) is 5.02. The highest BCUT2D eigenvalue weighted by atomic mass is 19.1. The van der Waals surface area contributed by atoms with Gasteiger partial charge in [0.1, 0.15) is 11.3 Å². The molecule has 2 atom stereocenters. The number of halogens is 1. The summed E-state index contributed by atoms with van der Waals surface area (Å²) in [5, 5.41) is 0. The molecule has 0 aliphatic heterocycles. The molecular weight excluding hydrogens is 339 g/mol. The number of pyridine rings is 1. The second-order valence-corrected chi connectivity index (χ2v) is 7.12. The zero-order valence-electron chi connectivity index (χ0n) is 15.2. The standard InChI is InChI=1S/C23H21FN2O/c1-16-5-7-17(8-6-16)15-26-13-3-2-4-22(26)25-23(27)21-14-20(21)18-9-11-19(24)12-10-18/h2-13,20-21H,14-15H2,1H3/t20-,21-/m0/s1. The number of aromatic nitrogens is 1. The highest BCUT2D eigenvalue weighted by molar-refractivity contribution is 5.83. The van der Waals surface area contributed by atoms with E-state index in [1.54, 1.807) is 12.1 Å². The van der Waals surface area contributed by atoms with E-state index >= 15 is 0 Å². The first-order chi connectivity index (χ1) is 13.1. The molecule has 0 unspecified atom stereocenters. The van der Waals surface area contributed by atoms with Crippen molar-refractivity contribution >= 4 is 5.91 Å². The van der Waals surface area contributed by atoms with Gasteiger partial charge >= 0.3 is 0 Å². The van der Waals surface area contributed by atoms with Crippen LogP contribution in [0.5, 0.6) is 0 Å². The molecule has 0 bridgehead atoms. The maximum Gasteiger partial charge on any atom is 0.251 e. The molecule has 1 aliphatic carbocycles. The van der Waals surface area contributed by atoms with Crippen LogP contribution in [0.3, 0.4) is 0 Å². The van der Waals surface area contributed by atoms with Crippen molar-refractivity contribution in [3.05, 3.63) is 101 Å². The van der Waals surface area contributed by atoms with E-state index in [0.29, 0.717) is 12.0 Å². The lowest BCUT2D eigenvalue weighted by molar-refractivity contribution is -0.119. The molecule has 1 saturated carbocycles. The van der Waals surface area contributed by atoms with Gasteiger partial charge in [-0.2, -0.15) is 4.99 Å². The first-order valence-corrected chi connectivity index (χ1v) is 9.15. The van der Waals surface area contributed by atoms with Crippen molar-refractivity contribution in [2.45, 2.75) is 25.8 Å². The third kappa shape index (κ3) is 4.05. The van der Waals surface area contributed by atoms with E-state index in [2.05, 4.69) is 36.2 Å². The molecule has 1 amide bonds. The average molecular weight is 360 g/mol. The van der Waals surface area contributed by atoms with Crippen LogP contribution >= 0.6 is 0 Å². The fraction of sp³-hybridized carbons (Fsp3) is 0.217. The van der Waals surface area contributed by atoms with E-state index in [0.717, 1.165) is 17.5 Å². The number of rotatable bonds is 4. The second kappa shape index (κ2) is 7.31. The minimum Gasteiger partial charge on any atom is -0.328 e. The largest absolute Gasteiger partial charge is 0.328 e. The summed E-state index contributed by atoms with van der Waals surface area (Å²) >= 11 is 0. The summed E-state index contributed by atoms with van der Waals surface area (Å²) in [6, 6.07) is 20.4. The second-order valence-electron chi connectivity index (χ2n) is 7.12. The van der Waals surface area contributed by atoms with Gasteiger partial charge in [-0.05, 0) is 54.7 Å². The molecule has 1 fully saturated rings. The van der Waals surface area contributed by atoms with E-state index in [-0.39, 0.29) is 23.6 Å². The van der Waals surface area contributed by atoms with Gasteiger partial charge in [0.15, 0.2) is 0 Å². The first-order valence-electron chi connectivity index (χ1n) is 9.15. The normalized spacial score (nSPS) is 19.1. The van der Waals surface area contributed by atoms with Crippen molar-refractivity contribution in [1.82, 2.24) is 4.57 Å². The maximum atomic E-state index is 13.1. The fourth-order valence-corrected chi connectivity index (χ4v) is 3.33. The molecule has 3 aromatic rings. The van der Waals surface area contributed by atoms with Crippen LogP contribution in [0.2, 0.25) is 0 Å². The summed E-state index contributed by atoms with van der Waals surface area (Å²) in [6.45, 7) is 2.73. The summed E-state index contributed by atoms with van der Waals surface area (Å²) in [5.41, 5.74) is 4.05. The molecule has 0 saturated heterocycles. The highest BCUT2D eigenvalue weighted by Crippen LogP contribution is 2.48. The molecule has 2 aromatic carbocycles. The number of carbonyl (C=O) groups excluding carboxylic acids is 1. The van der Waals surface area contributed by atoms with Gasteiger partial charge < -0.3 is 4.57 Å². The smallest absolute Gasteiger partial charge is 0.251 e. The Morgan fingerprint density at radius 1 is 1.07 bits per heavy atom. The molecular formula is C23H21FN2O. The number of carbonyl (C=O) groups is 1. The van der Waals surface area contributed by atoms with Gasteiger partial charge in [0.05, 0.1) is 0 Å². The highest BCUT2D eigenvalue weighted by Gasteiger charge is 2.43. The molecule has 27 heavy (non-hydrogen) atoms. The number of nitrogens with zero attached hydrogens (tertiary/aromatic N) is 2. The zero-order valence-corrected chi connectivity index (χ0v) is 15.2.